The molecule has 1 N–H and O–H groups in total. The van der Waals surface area contributed by atoms with E-state index in [1.165, 1.54) is 5.56 Å². The molecule has 1 aromatic heterocycles. The largest absolute Gasteiger partial charge is 0.384 e. The van der Waals surface area contributed by atoms with Crippen molar-refractivity contribution in [3.8, 4) is 0 Å². The highest BCUT2D eigenvalue weighted by Gasteiger charge is 2.06. The summed E-state index contributed by atoms with van der Waals surface area (Å²) in [5, 5.41) is 2.93. The van der Waals surface area contributed by atoms with Crippen molar-refractivity contribution in [1.29, 1.82) is 0 Å². The van der Waals surface area contributed by atoms with Crippen LogP contribution in [0.4, 0.5) is 5.69 Å². The van der Waals surface area contributed by atoms with Gasteiger partial charge < -0.3 is 9.88 Å². The highest BCUT2D eigenvalue weighted by Crippen LogP contribution is 2.10. The van der Waals surface area contributed by atoms with E-state index in [4.69, 9.17) is 0 Å². The first kappa shape index (κ1) is 12.4. The molecule has 1 aromatic carbocycles. The van der Waals surface area contributed by atoms with Gasteiger partial charge in [-0.15, -0.1) is 0 Å². The lowest BCUT2D eigenvalue weighted by Crippen LogP contribution is -2.25. The van der Waals surface area contributed by atoms with Crippen LogP contribution in [0.2, 0.25) is 0 Å². The highest BCUT2D eigenvalue weighted by molar-refractivity contribution is 5.41. The average molecular weight is 242 g/mol. The molecule has 0 spiro atoms. The van der Waals surface area contributed by atoms with Crippen LogP contribution in [-0.2, 0) is 13.0 Å². The Hall–Kier alpha value is -2.03. The van der Waals surface area contributed by atoms with Crippen LogP contribution in [0.3, 0.4) is 0 Å². The fourth-order valence-electron chi connectivity index (χ4n) is 2.11. The predicted octanol–water partition coefficient (Wildman–Crippen LogP) is 2.50. The Balaban J connectivity index is 2.40. The van der Waals surface area contributed by atoms with Crippen LogP contribution in [0.15, 0.2) is 47.3 Å². The second-order valence-corrected chi connectivity index (χ2v) is 4.20. The van der Waals surface area contributed by atoms with Gasteiger partial charge in [0.15, 0.2) is 0 Å². The SMILES string of the molecule is CCn1c(Cc2ccccc2)ccc(NC)c1=O. The summed E-state index contributed by atoms with van der Waals surface area (Å²) in [4.78, 5) is 12.1. The lowest BCUT2D eigenvalue weighted by atomic mass is 10.1. The van der Waals surface area contributed by atoms with Gasteiger partial charge >= 0.3 is 0 Å². The molecule has 0 amide bonds. The van der Waals surface area contributed by atoms with E-state index >= 15 is 0 Å². The summed E-state index contributed by atoms with van der Waals surface area (Å²) in [6, 6.07) is 14.1. The normalized spacial score (nSPS) is 10.3. The Labute approximate surface area is 107 Å². The maximum absolute atomic E-state index is 12.1. The molecule has 0 bridgehead atoms. The van der Waals surface area contributed by atoms with Gasteiger partial charge in [0, 0.05) is 25.7 Å². The van der Waals surface area contributed by atoms with Crippen LogP contribution in [0, 0.1) is 0 Å². The molecular weight excluding hydrogens is 224 g/mol. The maximum atomic E-state index is 12.1. The Kier molecular flexibility index (Phi) is 3.82. The first-order chi connectivity index (χ1) is 8.76. The Morgan fingerprint density at radius 2 is 1.83 bits per heavy atom. The van der Waals surface area contributed by atoms with Gasteiger partial charge in [-0.25, -0.2) is 0 Å². The zero-order valence-electron chi connectivity index (χ0n) is 10.8. The number of aromatic nitrogens is 1. The molecule has 0 saturated carbocycles. The van der Waals surface area contributed by atoms with Crippen molar-refractivity contribution in [3.63, 3.8) is 0 Å². The minimum absolute atomic E-state index is 0.0495. The molecule has 0 aliphatic carbocycles. The van der Waals surface area contributed by atoms with Gasteiger partial charge in [-0.3, -0.25) is 4.79 Å². The summed E-state index contributed by atoms with van der Waals surface area (Å²) in [6.07, 6.45) is 0.786. The number of nitrogens with zero attached hydrogens (tertiary/aromatic N) is 1. The molecule has 3 heteroatoms. The molecule has 3 nitrogen and oxygen atoms in total. The maximum Gasteiger partial charge on any atom is 0.274 e. The van der Waals surface area contributed by atoms with Gasteiger partial charge in [0.2, 0.25) is 0 Å². The van der Waals surface area contributed by atoms with Crippen molar-refractivity contribution in [2.45, 2.75) is 19.9 Å². The van der Waals surface area contributed by atoms with Crippen LogP contribution in [0.5, 0.6) is 0 Å². The topological polar surface area (TPSA) is 34.0 Å². The van der Waals surface area contributed by atoms with E-state index in [1.807, 2.05) is 41.8 Å². The summed E-state index contributed by atoms with van der Waals surface area (Å²) in [7, 11) is 1.77. The zero-order valence-corrected chi connectivity index (χ0v) is 10.8. The third-order valence-electron chi connectivity index (χ3n) is 3.08. The van der Waals surface area contributed by atoms with E-state index in [2.05, 4.69) is 17.4 Å². The van der Waals surface area contributed by atoms with Crippen LogP contribution in [0.25, 0.3) is 0 Å². The molecule has 94 valence electrons. The lowest BCUT2D eigenvalue weighted by Gasteiger charge is -2.12. The molecule has 0 saturated heterocycles. The zero-order chi connectivity index (χ0) is 13.0. The Morgan fingerprint density at radius 3 is 2.44 bits per heavy atom. The Bertz CT molecular complexity index is 573. The minimum Gasteiger partial charge on any atom is -0.384 e. The molecule has 0 aliphatic heterocycles. The molecule has 0 atom stereocenters. The number of benzene rings is 1. The summed E-state index contributed by atoms with van der Waals surface area (Å²) in [6.45, 7) is 2.69. The fourth-order valence-corrected chi connectivity index (χ4v) is 2.11. The standard InChI is InChI=1S/C15H18N2O/c1-3-17-13(9-10-14(16-2)15(17)18)11-12-7-5-4-6-8-12/h4-10,16H,3,11H2,1-2H3. The van der Waals surface area contributed by atoms with Crippen molar-refractivity contribution in [2.24, 2.45) is 0 Å². The van der Waals surface area contributed by atoms with E-state index in [1.54, 1.807) is 7.05 Å². The van der Waals surface area contributed by atoms with Crippen molar-refractivity contribution in [2.75, 3.05) is 12.4 Å². The Morgan fingerprint density at radius 1 is 1.11 bits per heavy atom. The monoisotopic (exact) mass is 242 g/mol. The van der Waals surface area contributed by atoms with Crippen LogP contribution in [0.1, 0.15) is 18.2 Å². The molecule has 0 radical (unpaired) electrons. The summed E-state index contributed by atoms with van der Waals surface area (Å²) >= 11 is 0. The number of nitrogens with one attached hydrogen (secondary N) is 1. The fraction of sp³-hybridized carbons (Fsp3) is 0.267. The molecule has 1 heterocycles. The van der Waals surface area contributed by atoms with E-state index in [0.29, 0.717) is 12.2 Å². The van der Waals surface area contributed by atoms with Crippen molar-refractivity contribution >= 4 is 5.69 Å². The summed E-state index contributed by atoms with van der Waals surface area (Å²) in [5.41, 5.74) is 2.96. The van der Waals surface area contributed by atoms with Gasteiger partial charge in [-0.05, 0) is 24.6 Å². The van der Waals surface area contributed by atoms with E-state index in [9.17, 15) is 4.79 Å². The van der Waals surface area contributed by atoms with E-state index < -0.39 is 0 Å². The minimum atomic E-state index is 0.0495. The number of anilines is 1. The number of hydrogen-bond acceptors (Lipinski definition) is 2. The van der Waals surface area contributed by atoms with Gasteiger partial charge in [-0.1, -0.05) is 30.3 Å². The van der Waals surface area contributed by atoms with Crippen molar-refractivity contribution < 1.29 is 0 Å². The average Bonchev–Trinajstić information content (AvgIpc) is 2.40. The molecular formula is C15H18N2O. The smallest absolute Gasteiger partial charge is 0.274 e. The quantitative estimate of drug-likeness (QED) is 0.893. The predicted molar refractivity (Wildman–Crippen MR) is 75.2 cm³/mol. The lowest BCUT2D eigenvalue weighted by molar-refractivity contribution is 0.688. The van der Waals surface area contributed by atoms with Crippen molar-refractivity contribution in [3.05, 3.63) is 64.1 Å². The first-order valence-electron chi connectivity index (χ1n) is 6.20. The van der Waals surface area contributed by atoms with Crippen LogP contribution < -0.4 is 10.9 Å². The second-order valence-electron chi connectivity index (χ2n) is 4.20. The van der Waals surface area contributed by atoms with E-state index in [-0.39, 0.29) is 5.56 Å². The molecule has 2 aromatic rings. The molecule has 2 rings (SSSR count). The summed E-state index contributed by atoms with van der Waals surface area (Å²) < 4.78 is 1.82. The summed E-state index contributed by atoms with van der Waals surface area (Å²) in [5.74, 6) is 0. The van der Waals surface area contributed by atoms with Crippen LogP contribution in [-0.4, -0.2) is 11.6 Å². The van der Waals surface area contributed by atoms with Gasteiger partial charge in [0.1, 0.15) is 5.69 Å². The number of hydrogen-bond donors (Lipinski definition) is 1. The highest BCUT2D eigenvalue weighted by atomic mass is 16.1. The number of rotatable bonds is 4. The molecule has 18 heavy (non-hydrogen) atoms. The first-order valence-corrected chi connectivity index (χ1v) is 6.20. The third kappa shape index (κ3) is 2.45. The third-order valence-corrected chi connectivity index (χ3v) is 3.08. The van der Waals surface area contributed by atoms with Gasteiger partial charge in [-0.2, -0.15) is 0 Å². The number of pyridine rings is 1. The van der Waals surface area contributed by atoms with Gasteiger partial charge in [0.25, 0.3) is 5.56 Å². The van der Waals surface area contributed by atoms with Crippen LogP contribution >= 0.6 is 0 Å². The molecule has 0 aliphatic rings. The second kappa shape index (κ2) is 5.54. The molecule has 0 unspecified atom stereocenters. The van der Waals surface area contributed by atoms with Gasteiger partial charge in [0.05, 0.1) is 0 Å². The van der Waals surface area contributed by atoms with Crippen molar-refractivity contribution in [1.82, 2.24) is 4.57 Å². The molecule has 0 fully saturated rings. The van der Waals surface area contributed by atoms with E-state index in [0.717, 1.165) is 12.1 Å².